The Morgan fingerprint density at radius 1 is 1.00 bits per heavy atom. The van der Waals surface area contributed by atoms with E-state index in [2.05, 4.69) is 5.32 Å². The fourth-order valence-corrected chi connectivity index (χ4v) is 3.75. The Morgan fingerprint density at radius 2 is 1.62 bits per heavy atom. The summed E-state index contributed by atoms with van der Waals surface area (Å²) in [6.45, 7) is 0.908. The zero-order valence-corrected chi connectivity index (χ0v) is 18.2. The molecule has 32 heavy (non-hydrogen) atoms. The smallest absolute Gasteiger partial charge is 0.256 e. The Morgan fingerprint density at radius 3 is 2.16 bits per heavy atom. The predicted molar refractivity (Wildman–Crippen MR) is 113 cm³/mol. The molecule has 9 heteroatoms. The maximum Gasteiger partial charge on any atom is 0.256 e. The minimum absolute atomic E-state index is 0.126. The lowest BCUT2D eigenvalue weighted by atomic mass is 9.95. The van der Waals surface area contributed by atoms with Gasteiger partial charge in [-0.05, 0) is 42.7 Å². The standard InChI is InChI=1S/C23H26F2N2O5/c1-30-19-10-14(11-20(31-2)21(19)32-3)13-26-22(28)15-6-8-27(9-7-15)23(29)17-5-4-16(24)12-18(17)25/h4-5,10-12,15H,6-9,13H2,1-3H3,(H,26,28). The molecule has 0 spiro atoms. The average Bonchev–Trinajstić information content (AvgIpc) is 2.81. The van der Waals surface area contributed by atoms with Crippen LogP contribution in [0.3, 0.4) is 0 Å². The molecule has 0 radical (unpaired) electrons. The van der Waals surface area contributed by atoms with Crippen molar-refractivity contribution in [2.75, 3.05) is 34.4 Å². The summed E-state index contributed by atoms with van der Waals surface area (Å²) < 4.78 is 42.9. The summed E-state index contributed by atoms with van der Waals surface area (Å²) in [5, 5.41) is 2.90. The number of methoxy groups -OCH3 is 3. The lowest BCUT2D eigenvalue weighted by molar-refractivity contribution is -0.126. The maximum atomic E-state index is 13.9. The molecule has 1 saturated heterocycles. The van der Waals surface area contributed by atoms with E-state index >= 15 is 0 Å². The highest BCUT2D eigenvalue weighted by Crippen LogP contribution is 2.38. The molecule has 1 aliphatic heterocycles. The number of likely N-dealkylation sites (tertiary alicyclic amines) is 1. The Balaban J connectivity index is 1.56. The monoisotopic (exact) mass is 448 g/mol. The van der Waals surface area contributed by atoms with E-state index in [0.29, 0.717) is 49.2 Å². The van der Waals surface area contributed by atoms with Crippen LogP contribution in [0.2, 0.25) is 0 Å². The van der Waals surface area contributed by atoms with Crippen LogP contribution in [-0.4, -0.2) is 51.1 Å². The van der Waals surface area contributed by atoms with Gasteiger partial charge in [0.05, 0.1) is 26.9 Å². The zero-order valence-electron chi connectivity index (χ0n) is 18.2. The van der Waals surface area contributed by atoms with Crippen LogP contribution in [0.15, 0.2) is 30.3 Å². The summed E-state index contributed by atoms with van der Waals surface area (Å²) in [5.74, 6) is -1.05. The number of carbonyl (C=O) groups excluding carboxylic acids is 2. The topological polar surface area (TPSA) is 77.1 Å². The molecule has 0 aromatic heterocycles. The van der Waals surface area contributed by atoms with E-state index in [1.165, 1.54) is 26.2 Å². The van der Waals surface area contributed by atoms with Crippen LogP contribution in [0.5, 0.6) is 17.2 Å². The molecule has 0 aliphatic carbocycles. The molecule has 0 saturated carbocycles. The lowest BCUT2D eigenvalue weighted by Crippen LogP contribution is -2.43. The van der Waals surface area contributed by atoms with Crippen molar-refractivity contribution >= 4 is 11.8 Å². The average molecular weight is 448 g/mol. The second kappa shape index (κ2) is 10.3. The van der Waals surface area contributed by atoms with Crippen molar-refractivity contribution in [2.45, 2.75) is 19.4 Å². The number of nitrogens with one attached hydrogen (secondary N) is 1. The predicted octanol–water partition coefficient (Wildman–Crippen LogP) is 3.16. The summed E-state index contributed by atoms with van der Waals surface area (Å²) >= 11 is 0. The fourth-order valence-electron chi connectivity index (χ4n) is 3.75. The third-order valence-corrected chi connectivity index (χ3v) is 5.51. The fraction of sp³-hybridized carbons (Fsp3) is 0.391. The molecule has 2 amide bonds. The van der Waals surface area contributed by atoms with E-state index in [1.54, 1.807) is 12.1 Å². The first-order valence-electron chi connectivity index (χ1n) is 10.2. The third-order valence-electron chi connectivity index (χ3n) is 5.51. The molecule has 0 atom stereocenters. The van der Waals surface area contributed by atoms with Crippen molar-refractivity contribution in [1.29, 1.82) is 0 Å². The highest BCUT2D eigenvalue weighted by molar-refractivity contribution is 5.94. The van der Waals surface area contributed by atoms with Crippen molar-refractivity contribution in [3.8, 4) is 17.2 Å². The van der Waals surface area contributed by atoms with Crippen LogP contribution in [0.1, 0.15) is 28.8 Å². The molecule has 3 rings (SSSR count). The largest absolute Gasteiger partial charge is 0.493 e. The van der Waals surface area contributed by atoms with Crippen molar-refractivity contribution in [2.24, 2.45) is 5.92 Å². The van der Waals surface area contributed by atoms with Crippen LogP contribution in [-0.2, 0) is 11.3 Å². The molecule has 2 aromatic carbocycles. The van der Waals surface area contributed by atoms with Crippen molar-refractivity contribution in [1.82, 2.24) is 10.2 Å². The molecule has 172 valence electrons. The molecule has 1 N–H and O–H groups in total. The molecular formula is C23H26F2N2O5. The minimum atomic E-state index is -0.889. The van der Waals surface area contributed by atoms with Crippen LogP contribution in [0, 0.1) is 17.6 Å². The molecule has 0 bridgehead atoms. The normalized spacial score (nSPS) is 14.1. The summed E-state index contributed by atoms with van der Waals surface area (Å²) in [5.41, 5.74) is 0.615. The van der Waals surface area contributed by atoms with Crippen molar-refractivity contribution in [3.63, 3.8) is 0 Å². The van der Waals surface area contributed by atoms with Gasteiger partial charge in [-0.15, -0.1) is 0 Å². The van der Waals surface area contributed by atoms with Crippen LogP contribution in [0.25, 0.3) is 0 Å². The second-order valence-electron chi connectivity index (χ2n) is 7.44. The van der Waals surface area contributed by atoms with Crippen LogP contribution >= 0.6 is 0 Å². The summed E-state index contributed by atoms with van der Waals surface area (Å²) in [6.07, 6.45) is 0.908. The SMILES string of the molecule is COc1cc(CNC(=O)C2CCN(C(=O)c3ccc(F)cc3F)CC2)cc(OC)c1OC. The number of piperidine rings is 1. The Kier molecular flexibility index (Phi) is 7.50. The summed E-state index contributed by atoms with van der Waals surface area (Å²) in [6, 6.07) is 6.42. The van der Waals surface area contributed by atoms with Crippen molar-refractivity contribution in [3.05, 3.63) is 53.1 Å². The van der Waals surface area contributed by atoms with E-state index < -0.39 is 17.5 Å². The summed E-state index contributed by atoms with van der Waals surface area (Å²) in [7, 11) is 4.56. The Hall–Kier alpha value is -3.36. The van der Waals surface area contributed by atoms with E-state index in [-0.39, 0.29) is 23.9 Å². The molecule has 1 heterocycles. The highest BCUT2D eigenvalue weighted by Gasteiger charge is 2.29. The Labute approximate surface area is 185 Å². The molecule has 0 unspecified atom stereocenters. The molecule has 7 nitrogen and oxygen atoms in total. The van der Waals surface area contributed by atoms with E-state index in [9.17, 15) is 18.4 Å². The number of halogens is 2. The first-order chi connectivity index (χ1) is 15.4. The van der Waals surface area contributed by atoms with Gasteiger partial charge in [-0.3, -0.25) is 9.59 Å². The number of rotatable bonds is 7. The number of amides is 2. The number of carbonyl (C=O) groups is 2. The first kappa shape index (κ1) is 23.3. The molecule has 2 aromatic rings. The number of hydrogen-bond acceptors (Lipinski definition) is 5. The number of hydrogen-bond donors (Lipinski definition) is 1. The number of ether oxygens (including phenoxy) is 3. The minimum Gasteiger partial charge on any atom is -0.493 e. The van der Waals surface area contributed by atoms with Gasteiger partial charge in [0.25, 0.3) is 5.91 Å². The molecule has 1 aliphatic rings. The van der Waals surface area contributed by atoms with Crippen LogP contribution < -0.4 is 19.5 Å². The van der Waals surface area contributed by atoms with E-state index in [4.69, 9.17) is 14.2 Å². The number of benzene rings is 2. The Bertz CT molecular complexity index is 965. The van der Waals surface area contributed by atoms with Gasteiger partial charge < -0.3 is 24.4 Å². The third kappa shape index (κ3) is 5.09. The zero-order chi connectivity index (χ0) is 23.3. The highest BCUT2D eigenvalue weighted by atomic mass is 19.1. The van der Waals surface area contributed by atoms with Crippen LogP contribution in [0.4, 0.5) is 8.78 Å². The van der Waals surface area contributed by atoms with Gasteiger partial charge in [-0.1, -0.05) is 0 Å². The second-order valence-corrected chi connectivity index (χ2v) is 7.44. The van der Waals surface area contributed by atoms with Gasteiger partial charge in [0, 0.05) is 31.6 Å². The van der Waals surface area contributed by atoms with Crippen molar-refractivity contribution < 1.29 is 32.6 Å². The molecule has 1 fully saturated rings. The van der Waals surface area contributed by atoms with Gasteiger partial charge in [0.2, 0.25) is 11.7 Å². The van der Waals surface area contributed by atoms with Gasteiger partial charge >= 0.3 is 0 Å². The summed E-state index contributed by atoms with van der Waals surface area (Å²) in [4.78, 5) is 26.6. The van der Waals surface area contributed by atoms with Gasteiger partial charge in [0.15, 0.2) is 11.5 Å². The quantitative estimate of drug-likeness (QED) is 0.704. The van der Waals surface area contributed by atoms with E-state index in [1.807, 2.05) is 0 Å². The lowest BCUT2D eigenvalue weighted by Gasteiger charge is -2.31. The molecular weight excluding hydrogens is 422 g/mol. The first-order valence-corrected chi connectivity index (χ1v) is 10.2. The van der Waals surface area contributed by atoms with E-state index in [0.717, 1.165) is 17.7 Å². The van der Waals surface area contributed by atoms with Gasteiger partial charge in [-0.25, -0.2) is 8.78 Å². The van der Waals surface area contributed by atoms with Gasteiger partial charge in [0.1, 0.15) is 11.6 Å². The van der Waals surface area contributed by atoms with Gasteiger partial charge in [-0.2, -0.15) is 0 Å². The number of nitrogens with zero attached hydrogens (tertiary/aromatic N) is 1. The maximum absolute atomic E-state index is 13.9.